The summed E-state index contributed by atoms with van der Waals surface area (Å²) in [5, 5.41) is 8.50. The van der Waals surface area contributed by atoms with E-state index in [9.17, 15) is 26.3 Å². The number of rotatable bonds is 7. The van der Waals surface area contributed by atoms with Gasteiger partial charge in [-0.2, -0.15) is 36.5 Å². The van der Waals surface area contributed by atoms with Crippen LogP contribution in [0.1, 0.15) is 55.9 Å². The van der Waals surface area contributed by atoms with Gasteiger partial charge in [-0.05, 0) is 50.2 Å². The lowest BCUT2D eigenvalue weighted by atomic mass is 10.2. The summed E-state index contributed by atoms with van der Waals surface area (Å²) in [6.45, 7) is 3.57. The second-order valence-electron chi connectivity index (χ2n) is 8.56. The molecule has 4 aromatic heterocycles. The highest BCUT2D eigenvalue weighted by Crippen LogP contribution is 2.33. The Morgan fingerprint density at radius 1 is 0.700 bits per heavy atom. The largest absolute Gasteiger partial charge is 0.417 e. The third kappa shape index (κ3) is 7.48. The minimum Gasteiger partial charge on any atom is -0.259 e. The number of nitrogens with zero attached hydrogens (tertiary/aromatic N) is 4. The van der Waals surface area contributed by atoms with Gasteiger partial charge in [0.15, 0.2) is 0 Å². The van der Waals surface area contributed by atoms with E-state index in [-0.39, 0.29) is 22.9 Å². The summed E-state index contributed by atoms with van der Waals surface area (Å²) in [7, 11) is 0. The van der Waals surface area contributed by atoms with Crippen molar-refractivity contribution in [3.05, 3.63) is 101 Å². The maximum atomic E-state index is 12.8. The van der Waals surface area contributed by atoms with Crippen LogP contribution in [-0.2, 0) is 25.2 Å². The van der Waals surface area contributed by atoms with Gasteiger partial charge >= 0.3 is 12.4 Å². The van der Waals surface area contributed by atoms with Gasteiger partial charge in [0.1, 0.15) is 0 Å². The molecule has 4 nitrogen and oxygen atoms in total. The first kappa shape index (κ1) is 30.2. The fourth-order valence-electron chi connectivity index (χ4n) is 3.42. The first-order valence-electron chi connectivity index (χ1n) is 11.4. The topological polar surface area (TPSA) is 50.5 Å². The minimum atomic E-state index is -4.51. The molecular weight excluding hydrogens is 617 g/mol. The average molecular weight is 635 g/mol. The molecular formula is C26H18Cl2F6N4S2. The predicted octanol–water partition coefficient (Wildman–Crippen LogP) is 9.36. The average Bonchev–Trinajstić information content (AvgIpc) is 3.53. The Hall–Kier alpha value is -2.80. The van der Waals surface area contributed by atoms with Crippen molar-refractivity contribution in [1.82, 2.24) is 9.97 Å². The summed E-state index contributed by atoms with van der Waals surface area (Å²) in [5.41, 5.74) is 0.157. The second-order valence-corrected chi connectivity index (χ2v) is 11.7. The first-order valence-corrected chi connectivity index (χ1v) is 13.8. The van der Waals surface area contributed by atoms with Gasteiger partial charge < -0.3 is 0 Å². The van der Waals surface area contributed by atoms with Crippen molar-refractivity contribution in [3.8, 4) is 0 Å². The highest BCUT2D eigenvalue weighted by Gasteiger charge is 2.32. The number of hydrogen-bond acceptors (Lipinski definition) is 6. The fourth-order valence-corrected chi connectivity index (χ4v) is 5.79. The van der Waals surface area contributed by atoms with Crippen LogP contribution in [-0.4, -0.2) is 21.4 Å². The number of thiophene rings is 2. The number of aromatic nitrogens is 2. The van der Waals surface area contributed by atoms with Crippen LogP contribution in [0.4, 0.5) is 26.3 Å². The molecule has 0 aliphatic heterocycles. The van der Waals surface area contributed by atoms with Crippen molar-refractivity contribution in [2.24, 2.45) is 10.2 Å². The van der Waals surface area contributed by atoms with Gasteiger partial charge in [-0.3, -0.25) is 9.97 Å². The summed E-state index contributed by atoms with van der Waals surface area (Å²) < 4.78 is 77.1. The molecule has 0 saturated carbocycles. The number of pyridine rings is 2. The molecule has 0 atom stereocenters. The summed E-state index contributed by atoms with van der Waals surface area (Å²) in [4.78, 5) is 11.1. The maximum absolute atomic E-state index is 12.8. The molecule has 0 unspecified atom stereocenters. The Bertz CT molecular complexity index is 1470. The van der Waals surface area contributed by atoms with Gasteiger partial charge in [0.05, 0.1) is 53.7 Å². The standard InChI is InChI=1S/C26H18Cl2F6N4S2/c1-13(23-5-3-17(39-23)9-21-19(27)7-15(11-35-21)25(29,30)31)37-38-14(2)24-6-4-18(40-24)10-22-20(28)8-16(12-36-22)26(32,33)34/h3-8,11-12H,9-10H2,1-2H3. The van der Waals surface area contributed by atoms with Crippen LogP contribution in [0.2, 0.25) is 10.0 Å². The second kappa shape index (κ2) is 12.0. The molecule has 210 valence electrons. The Morgan fingerprint density at radius 2 is 1.07 bits per heavy atom. The zero-order chi connectivity index (χ0) is 29.2. The van der Waals surface area contributed by atoms with Gasteiger partial charge in [0, 0.05) is 35.0 Å². The summed E-state index contributed by atoms with van der Waals surface area (Å²) in [6, 6.07) is 9.08. The summed E-state index contributed by atoms with van der Waals surface area (Å²) in [6.07, 6.45) is -6.95. The van der Waals surface area contributed by atoms with Crippen LogP contribution in [0.25, 0.3) is 0 Å². The SMILES string of the molecule is CC(=NN=C(C)c1ccc(Cc2ncc(C(F)(F)F)cc2Cl)s1)c1ccc(Cc2ncc(C(F)(F)F)cc2Cl)s1. The van der Waals surface area contributed by atoms with Gasteiger partial charge in [-0.1, -0.05) is 23.2 Å². The van der Waals surface area contributed by atoms with Gasteiger partial charge in [0.25, 0.3) is 0 Å². The van der Waals surface area contributed by atoms with Crippen LogP contribution < -0.4 is 0 Å². The number of hydrogen-bond donors (Lipinski definition) is 0. The highest BCUT2D eigenvalue weighted by atomic mass is 35.5. The molecule has 0 fully saturated rings. The molecule has 0 radical (unpaired) electrons. The lowest BCUT2D eigenvalue weighted by Gasteiger charge is -2.08. The van der Waals surface area contributed by atoms with Crippen LogP contribution in [0.15, 0.2) is 59.0 Å². The number of alkyl halides is 6. The van der Waals surface area contributed by atoms with Gasteiger partial charge in [-0.25, -0.2) is 0 Å². The smallest absolute Gasteiger partial charge is 0.259 e. The van der Waals surface area contributed by atoms with Crippen LogP contribution in [0.3, 0.4) is 0 Å². The lowest BCUT2D eigenvalue weighted by molar-refractivity contribution is -0.138. The van der Waals surface area contributed by atoms with Crippen molar-refractivity contribution >= 4 is 57.3 Å². The van der Waals surface area contributed by atoms with E-state index in [1.54, 1.807) is 13.8 Å². The zero-order valence-corrected chi connectivity index (χ0v) is 23.8. The van der Waals surface area contributed by atoms with Crippen LogP contribution in [0.5, 0.6) is 0 Å². The minimum absolute atomic E-state index is 0.0536. The van der Waals surface area contributed by atoms with E-state index in [2.05, 4.69) is 20.2 Å². The molecule has 4 aromatic rings. The number of halogens is 8. The molecule has 0 amide bonds. The lowest BCUT2D eigenvalue weighted by Crippen LogP contribution is -2.06. The van der Waals surface area contributed by atoms with Gasteiger partial charge in [0.2, 0.25) is 0 Å². The molecule has 0 aromatic carbocycles. The quantitative estimate of drug-likeness (QED) is 0.115. The molecule has 4 rings (SSSR count). The Morgan fingerprint density at radius 3 is 1.40 bits per heavy atom. The van der Waals surface area contributed by atoms with Crippen molar-refractivity contribution in [3.63, 3.8) is 0 Å². The highest BCUT2D eigenvalue weighted by molar-refractivity contribution is 7.14. The molecule has 0 saturated heterocycles. The molecule has 0 aliphatic rings. The zero-order valence-electron chi connectivity index (χ0n) is 20.7. The van der Waals surface area contributed by atoms with Crippen LogP contribution >= 0.6 is 45.9 Å². The van der Waals surface area contributed by atoms with Crippen LogP contribution in [0, 0.1) is 0 Å². The fraction of sp³-hybridized carbons (Fsp3) is 0.231. The normalized spacial score (nSPS) is 13.2. The van der Waals surface area contributed by atoms with Crippen molar-refractivity contribution in [2.45, 2.75) is 39.0 Å². The molecule has 14 heteroatoms. The molecule has 0 aliphatic carbocycles. The molecule has 0 bridgehead atoms. The van der Waals surface area contributed by atoms with E-state index in [1.807, 2.05) is 24.3 Å². The van der Waals surface area contributed by atoms with E-state index < -0.39 is 23.5 Å². The Labute approximate surface area is 243 Å². The predicted molar refractivity (Wildman–Crippen MR) is 147 cm³/mol. The monoisotopic (exact) mass is 634 g/mol. The molecule has 4 heterocycles. The summed E-state index contributed by atoms with van der Waals surface area (Å²) in [5.74, 6) is 0. The van der Waals surface area contributed by atoms with E-state index in [0.29, 0.717) is 22.8 Å². The van der Waals surface area contributed by atoms with Crippen molar-refractivity contribution in [1.29, 1.82) is 0 Å². The van der Waals surface area contributed by atoms with E-state index in [4.69, 9.17) is 23.2 Å². The third-order valence-corrected chi connectivity index (χ3v) is 8.60. The summed E-state index contributed by atoms with van der Waals surface area (Å²) >= 11 is 14.9. The Kier molecular flexibility index (Phi) is 9.03. The van der Waals surface area contributed by atoms with Crippen molar-refractivity contribution < 1.29 is 26.3 Å². The van der Waals surface area contributed by atoms with E-state index >= 15 is 0 Å². The van der Waals surface area contributed by atoms with E-state index in [0.717, 1.165) is 44.0 Å². The molecule has 40 heavy (non-hydrogen) atoms. The third-order valence-electron chi connectivity index (χ3n) is 5.56. The van der Waals surface area contributed by atoms with Gasteiger partial charge in [-0.15, -0.1) is 22.7 Å². The molecule has 0 spiro atoms. The molecule has 0 N–H and O–H groups in total. The van der Waals surface area contributed by atoms with Crippen molar-refractivity contribution in [2.75, 3.05) is 0 Å². The maximum Gasteiger partial charge on any atom is 0.417 e. The Balaban J connectivity index is 1.42. The van der Waals surface area contributed by atoms with E-state index in [1.165, 1.54) is 22.7 Å². The first-order chi connectivity index (χ1) is 18.7.